The van der Waals surface area contributed by atoms with Crippen LogP contribution in [0.25, 0.3) is 0 Å². The van der Waals surface area contributed by atoms with E-state index in [9.17, 15) is 4.79 Å². The molecule has 5 heteroatoms. The molecule has 3 atom stereocenters. The number of para-hydroxylation sites is 1. The van der Waals surface area contributed by atoms with Gasteiger partial charge in [-0.05, 0) is 37.3 Å². The summed E-state index contributed by atoms with van der Waals surface area (Å²) in [5.74, 6) is 1.66. The first-order chi connectivity index (χ1) is 11.5. The number of ether oxygens (including phenoxy) is 2. The predicted octanol–water partition coefficient (Wildman–Crippen LogP) is 3.71. The molecule has 1 saturated heterocycles. The number of amides is 2. The van der Waals surface area contributed by atoms with Crippen LogP contribution in [0.15, 0.2) is 48.5 Å². The van der Waals surface area contributed by atoms with Gasteiger partial charge in [0.05, 0.1) is 13.2 Å². The number of carbonyl (C=O) groups is 1. The topological polar surface area (TPSA) is 50.8 Å². The first kappa shape index (κ1) is 14.9. The van der Waals surface area contributed by atoms with E-state index in [-0.39, 0.29) is 18.0 Å². The molecule has 0 saturated carbocycles. The Labute approximate surface area is 141 Å². The van der Waals surface area contributed by atoms with E-state index >= 15 is 0 Å². The number of hydrogen-bond acceptors (Lipinski definition) is 3. The average molecular weight is 324 g/mol. The summed E-state index contributed by atoms with van der Waals surface area (Å²) in [7, 11) is 1.62. The highest BCUT2D eigenvalue weighted by molar-refractivity contribution is 5.95. The van der Waals surface area contributed by atoms with Crippen LogP contribution in [0.1, 0.15) is 25.5 Å². The lowest BCUT2D eigenvalue weighted by Crippen LogP contribution is -2.69. The molecule has 2 aliphatic heterocycles. The zero-order valence-corrected chi connectivity index (χ0v) is 13.9. The van der Waals surface area contributed by atoms with Crippen molar-refractivity contribution in [1.82, 2.24) is 5.32 Å². The summed E-state index contributed by atoms with van der Waals surface area (Å²) in [4.78, 5) is 14.5. The number of rotatable bonds is 2. The van der Waals surface area contributed by atoms with Gasteiger partial charge in [-0.2, -0.15) is 0 Å². The van der Waals surface area contributed by atoms with Gasteiger partial charge < -0.3 is 14.8 Å². The lowest BCUT2D eigenvalue weighted by Gasteiger charge is -2.54. The monoisotopic (exact) mass is 324 g/mol. The molecule has 0 aromatic heterocycles. The van der Waals surface area contributed by atoms with E-state index in [1.165, 1.54) is 0 Å². The van der Waals surface area contributed by atoms with Crippen molar-refractivity contribution in [2.24, 2.45) is 5.92 Å². The normalized spacial score (nSPS) is 27.8. The summed E-state index contributed by atoms with van der Waals surface area (Å²) in [5, 5.41) is 3.13. The summed E-state index contributed by atoms with van der Waals surface area (Å²) in [6.07, 6.45) is 0. The second-order valence-electron chi connectivity index (χ2n) is 6.44. The van der Waals surface area contributed by atoms with Crippen molar-refractivity contribution in [1.29, 1.82) is 0 Å². The van der Waals surface area contributed by atoms with Crippen molar-refractivity contribution in [3.05, 3.63) is 54.1 Å². The smallest absolute Gasteiger partial charge is 0.325 e. The van der Waals surface area contributed by atoms with Gasteiger partial charge in [-0.1, -0.05) is 25.1 Å². The van der Waals surface area contributed by atoms with Crippen molar-refractivity contribution >= 4 is 11.7 Å². The van der Waals surface area contributed by atoms with E-state index in [1.54, 1.807) is 12.0 Å². The molecule has 2 bridgehead atoms. The number of nitrogens with one attached hydrogen (secondary N) is 1. The van der Waals surface area contributed by atoms with Crippen LogP contribution in [0, 0.1) is 5.92 Å². The van der Waals surface area contributed by atoms with Crippen LogP contribution >= 0.6 is 0 Å². The van der Waals surface area contributed by atoms with Crippen LogP contribution in [0.5, 0.6) is 11.5 Å². The average Bonchev–Trinajstić information content (AvgIpc) is 2.58. The molecule has 2 heterocycles. The Morgan fingerprint density at radius 1 is 1.17 bits per heavy atom. The minimum atomic E-state index is -0.754. The van der Waals surface area contributed by atoms with E-state index in [4.69, 9.17) is 9.47 Å². The predicted molar refractivity (Wildman–Crippen MR) is 91.4 cm³/mol. The quantitative estimate of drug-likeness (QED) is 0.916. The third-order valence-electron chi connectivity index (χ3n) is 5.17. The lowest BCUT2D eigenvalue weighted by molar-refractivity contribution is -0.0126. The fraction of sp³-hybridized carbons (Fsp3) is 0.316. The second kappa shape index (κ2) is 5.16. The van der Waals surface area contributed by atoms with Crippen molar-refractivity contribution in [3.63, 3.8) is 0 Å². The summed E-state index contributed by atoms with van der Waals surface area (Å²) in [6, 6.07) is 15.1. The van der Waals surface area contributed by atoms with Crippen molar-refractivity contribution in [2.45, 2.75) is 25.6 Å². The Hall–Kier alpha value is -2.69. The van der Waals surface area contributed by atoms with Crippen LogP contribution in [-0.4, -0.2) is 18.9 Å². The molecule has 0 radical (unpaired) electrons. The van der Waals surface area contributed by atoms with Gasteiger partial charge in [0.15, 0.2) is 5.72 Å². The maximum atomic E-state index is 12.8. The fourth-order valence-electron chi connectivity index (χ4n) is 3.68. The zero-order chi connectivity index (χ0) is 16.9. The van der Waals surface area contributed by atoms with Crippen LogP contribution in [0.3, 0.4) is 0 Å². The summed E-state index contributed by atoms with van der Waals surface area (Å²) < 4.78 is 11.5. The standard InChI is InChI=1S/C19H20N2O3/c1-12-17-15-6-4-5-7-16(15)24-19(12,2)21(18(22)20-17)13-8-10-14(23-3)11-9-13/h4-12,17H,1-3H3,(H,20,22). The number of hydrogen-bond donors (Lipinski definition) is 1. The molecule has 1 fully saturated rings. The zero-order valence-electron chi connectivity index (χ0n) is 13.9. The van der Waals surface area contributed by atoms with Gasteiger partial charge >= 0.3 is 6.03 Å². The molecule has 0 aliphatic carbocycles. The number of fused-ring (bicyclic) bond motifs is 4. The van der Waals surface area contributed by atoms with Crippen molar-refractivity contribution in [2.75, 3.05) is 12.0 Å². The van der Waals surface area contributed by atoms with Gasteiger partial charge in [0, 0.05) is 17.2 Å². The SMILES string of the molecule is COc1ccc(N2C(=O)NC3c4ccccc4OC2(C)C3C)cc1. The maximum Gasteiger partial charge on any atom is 0.325 e. The van der Waals surface area contributed by atoms with Crippen LogP contribution in [0.2, 0.25) is 0 Å². The Morgan fingerprint density at radius 3 is 2.58 bits per heavy atom. The highest BCUT2D eigenvalue weighted by Crippen LogP contribution is 2.48. The number of methoxy groups -OCH3 is 1. The molecule has 2 aliphatic rings. The number of nitrogens with zero attached hydrogens (tertiary/aromatic N) is 1. The molecular formula is C19H20N2O3. The van der Waals surface area contributed by atoms with Gasteiger partial charge in [-0.3, -0.25) is 4.90 Å². The largest absolute Gasteiger partial charge is 0.497 e. The van der Waals surface area contributed by atoms with Gasteiger partial charge in [0.2, 0.25) is 0 Å². The van der Waals surface area contributed by atoms with Gasteiger partial charge in [0.1, 0.15) is 11.5 Å². The molecule has 24 heavy (non-hydrogen) atoms. The van der Waals surface area contributed by atoms with Gasteiger partial charge in [-0.25, -0.2) is 4.79 Å². The third kappa shape index (κ3) is 1.97. The number of urea groups is 1. The molecule has 2 aromatic carbocycles. The Bertz CT molecular complexity index is 789. The summed E-state index contributed by atoms with van der Waals surface area (Å²) in [5.41, 5.74) is 1.06. The molecule has 2 aromatic rings. The van der Waals surface area contributed by atoms with E-state index in [0.717, 1.165) is 22.7 Å². The minimum absolute atomic E-state index is 0.0538. The third-order valence-corrected chi connectivity index (χ3v) is 5.17. The first-order valence-electron chi connectivity index (χ1n) is 8.07. The van der Waals surface area contributed by atoms with Gasteiger partial charge in [0.25, 0.3) is 0 Å². The lowest BCUT2D eigenvalue weighted by atomic mass is 9.80. The van der Waals surface area contributed by atoms with Crippen molar-refractivity contribution in [3.8, 4) is 11.5 Å². The molecule has 124 valence electrons. The van der Waals surface area contributed by atoms with E-state index in [1.807, 2.05) is 55.5 Å². The molecular weight excluding hydrogens is 304 g/mol. The maximum absolute atomic E-state index is 12.8. The Kier molecular flexibility index (Phi) is 3.20. The molecule has 0 spiro atoms. The van der Waals surface area contributed by atoms with E-state index < -0.39 is 5.72 Å². The number of anilines is 1. The molecule has 3 unspecified atom stereocenters. The highest BCUT2D eigenvalue weighted by atomic mass is 16.5. The molecule has 5 nitrogen and oxygen atoms in total. The summed E-state index contributed by atoms with van der Waals surface area (Å²) in [6.45, 7) is 4.08. The Balaban J connectivity index is 1.81. The van der Waals surface area contributed by atoms with E-state index in [2.05, 4.69) is 12.2 Å². The molecule has 1 N–H and O–H groups in total. The summed E-state index contributed by atoms with van der Waals surface area (Å²) >= 11 is 0. The van der Waals surface area contributed by atoms with E-state index in [0.29, 0.717) is 0 Å². The minimum Gasteiger partial charge on any atom is -0.497 e. The Morgan fingerprint density at radius 2 is 1.88 bits per heavy atom. The highest BCUT2D eigenvalue weighted by Gasteiger charge is 2.55. The number of benzene rings is 2. The van der Waals surface area contributed by atoms with Crippen LogP contribution in [0.4, 0.5) is 10.5 Å². The second-order valence-corrected chi connectivity index (χ2v) is 6.44. The van der Waals surface area contributed by atoms with Crippen LogP contribution in [-0.2, 0) is 0 Å². The fourth-order valence-corrected chi connectivity index (χ4v) is 3.68. The first-order valence-corrected chi connectivity index (χ1v) is 8.07. The number of carbonyl (C=O) groups excluding carboxylic acids is 1. The van der Waals surface area contributed by atoms with Crippen molar-refractivity contribution < 1.29 is 14.3 Å². The molecule has 4 rings (SSSR count). The van der Waals surface area contributed by atoms with Crippen LogP contribution < -0.4 is 19.7 Å². The van der Waals surface area contributed by atoms with Gasteiger partial charge in [-0.15, -0.1) is 0 Å². The molecule has 2 amide bonds.